The Morgan fingerprint density at radius 2 is 1.18 bits per heavy atom. The average Bonchev–Trinajstić information content (AvgIpc) is 3.13. The van der Waals surface area contributed by atoms with Crippen LogP contribution in [-0.2, 0) is 43.2 Å². The largest absolute Gasteiger partial charge is 0.481 e. The normalized spacial score (nSPS) is 14.8. The molecule has 0 bridgehead atoms. The maximum atomic E-state index is 13.5. The minimum absolute atomic E-state index is 0.0262. The molecule has 0 aliphatic heterocycles. The topological polar surface area (TPSA) is 351 Å². The van der Waals surface area contributed by atoms with Gasteiger partial charge in [0.1, 0.15) is 36.3 Å². The summed E-state index contributed by atoms with van der Waals surface area (Å²) in [5.74, 6) is -8.34. The van der Waals surface area contributed by atoms with E-state index in [1.54, 1.807) is 20.1 Å². The predicted molar refractivity (Wildman–Crippen MR) is 210 cm³/mol. The minimum Gasteiger partial charge on any atom is -0.481 e. The highest BCUT2D eigenvalue weighted by Gasteiger charge is 2.32. The third-order valence-corrected chi connectivity index (χ3v) is 9.05. The number of thioether (sulfide) groups is 1. The van der Waals surface area contributed by atoms with Crippen LogP contribution in [0, 0.1) is 11.8 Å². The van der Waals surface area contributed by atoms with Gasteiger partial charge in [-0.25, -0.2) is 4.79 Å². The molecule has 0 saturated carbocycles. The number of unbranched alkanes of at least 4 members (excludes halogenated alkanes) is 1. The molecule has 0 fully saturated rings. The number of aliphatic carboxylic acids is 2. The van der Waals surface area contributed by atoms with Gasteiger partial charge in [-0.05, 0) is 75.8 Å². The number of rotatable bonds is 29. The summed E-state index contributed by atoms with van der Waals surface area (Å²) in [5, 5.41) is 45.2. The first-order valence-corrected chi connectivity index (χ1v) is 20.2. The van der Waals surface area contributed by atoms with Crippen molar-refractivity contribution in [3.05, 3.63) is 0 Å². The molecule has 0 aromatic heterocycles. The van der Waals surface area contributed by atoms with Crippen LogP contribution in [0.1, 0.15) is 79.6 Å². The Morgan fingerprint density at radius 1 is 0.649 bits per heavy atom. The number of aliphatic hydroxyl groups is 1. The van der Waals surface area contributed by atoms with Crippen LogP contribution in [0.3, 0.4) is 0 Å². The molecule has 0 heterocycles. The van der Waals surface area contributed by atoms with Crippen LogP contribution in [0.4, 0.5) is 0 Å². The second kappa shape index (κ2) is 28.0. The number of carboxylic acid groups (broad SMARTS) is 2. The Bertz CT molecular complexity index is 1370. The highest BCUT2D eigenvalue weighted by atomic mass is 32.2. The molecule has 326 valence electrons. The Kier molecular flexibility index (Phi) is 25.7. The van der Waals surface area contributed by atoms with Crippen molar-refractivity contribution in [1.29, 1.82) is 0 Å². The first-order chi connectivity index (χ1) is 26.7. The van der Waals surface area contributed by atoms with Crippen LogP contribution in [-0.4, -0.2) is 143 Å². The fourth-order valence-corrected chi connectivity index (χ4v) is 5.61. The van der Waals surface area contributed by atoms with E-state index < -0.39 is 127 Å². The molecule has 0 aromatic carbocycles. The van der Waals surface area contributed by atoms with E-state index >= 15 is 0 Å². The molecule has 7 amide bonds. The van der Waals surface area contributed by atoms with Crippen molar-refractivity contribution in [3.63, 3.8) is 0 Å². The Hall–Kier alpha value is -4.54. The van der Waals surface area contributed by atoms with Crippen LogP contribution in [0.2, 0.25) is 0 Å². The summed E-state index contributed by atoms with van der Waals surface area (Å²) in [4.78, 5) is 114. The fraction of sp³-hybridized carbons (Fsp3) is 0.743. The van der Waals surface area contributed by atoms with Crippen LogP contribution >= 0.6 is 11.8 Å². The predicted octanol–water partition coefficient (Wildman–Crippen LogP) is -3.12. The number of carboxylic acids is 2. The lowest BCUT2D eigenvalue weighted by Crippen LogP contribution is -2.59. The van der Waals surface area contributed by atoms with Crippen LogP contribution in [0.25, 0.3) is 0 Å². The van der Waals surface area contributed by atoms with Crippen molar-refractivity contribution >= 4 is 65.1 Å². The zero-order valence-electron chi connectivity index (χ0n) is 33.6. The molecule has 0 spiro atoms. The van der Waals surface area contributed by atoms with Crippen LogP contribution < -0.4 is 48.7 Å². The number of nitrogens with one attached hydrogen (secondary N) is 7. The smallest absolute Gasteiger partial charge is 0.326 e. The van der Waals surface area contributed by atoms with Crippen molar-refractivity contribution in [2.45, 2.75) is 122 Å². The second-order valence-corrected chi connectivity index (χ2v) is 15.2. The van der Waals surface area contributed by atoms with E-state index in [4.69, 9.17) is 11.5 Å². The zero-order valence-corrected chi connectivity index (χ0v) is 34.4. The van der Waals surface area contributed by atoms with Gasteiger partial charge in [0.25, 0.3) is 0 Å². The molecule has 0 aliphatic rings. The van der Waals surface area contributed by atoms with Crippen molar-refractivity contribution in [2.75, 3.05) is 31.7 Å². The van der Waals surface area contributed by atoms with Gasteiger partial charge in [0.05, 0.1) is 19.2 Å². The van der Waals surface area contributed by atoms with Crippen LogP contribution in [0.15, 0.2) is 0 Å². The standard InChI is InChI=1S/C35H63N9O12S/c1-18(2)15-21(37)30(50)43-25(17-45)34(54)42-24(12-14-57-6)32(52)39-20(5)29(49)40-22(9-7-8-13-36)33(53)41-23(10-11-27(47)48)31(51)38-16-26(46)44-28(19(3)4)35(55)56/h18-25,28,45H,7-17,36-37H2,1-6H3,(H,38,51)(H,39,52)(H,40,49)(H,41,53)(H,42,54)(H,43,50)(H,44,46)(H,47,48)(H,55,56)/t20-,21-,22-,23-,24-,25-,28-/m0/s1. The number of aliphatic hydroxyl groups excluding tert-OH is 1. The molecule has 21 nitrogen and oxygen atoms in total. The summed E-state index contributed by atoms with van der Waals surface area (Å²) >= 11 is 1.37. The maximum Gasteiger partial charge on any atom is 0.326 e. The van der Waals surface area contributed by atoms with Gasteiger partial charge in [-0.1, -0.05) is 27.7 Å². The van der Waals surface area contributed by atoms with E-state index in [9.17, 15) is 58.5 Å². The number of hydrogen-bond donors (Lipinski definition) is 12. The van der Waals surface area contributed by atoms with Gasteiger partial charge in [0.2, 0.25) is 41.4 Å². The summed E-state index contributed by atoms with van der Waals surface area (Å²) in [6.45, 7) is 6.99. The van der Waals surface area contributed by atoms with Crippen molar-refractivity contribution in [2.24, 2.45) is 23.3 Å². The summed E-state index contributed by atoms with van der Waals surface area (Å²) in [7, 11) is 0. The van der Waals surface area contributed by atoms with Gasteiger partial charge in [-0.15, -0.1) is 0 Å². The number of nitrogens with two attached hydrogens (primary N) is 2. The molecule has 0 aromatic rings. The molecular formula is C35H63N9O12S. The Balaban J connectivity index is 5.88. The molecule has 0 saturated heterocycles. The van der Waals surface area contributed by atoms with Crippen molar-refractivity contribution in [3.8, 4) is 0 Å². The molecule has 14 N–H and O–H groups in total. The first kappa shape index (κ1) is 52.5. The zero-order chi connectivity index (χ0) is 43.8. The van der Waals surface area contributed by atoms with E-state index in [2.05, 4.69) is 37.2 Å². The number of amides is 7. The van der Waals surface area contributed by atoms with E-state index in [-0.39, 0.29) is 25.3 Å². The maximum absolute atomic E-state index is 13.5. The lowest BCUT2D eigenvalue weighted by atomic mass is 10.0. The molecule has 0 rings (SSSR count). The monoisotopic (exact) mass is 833 g/mol. The third-order valence-electron chi connectivity index (χ3n) is 8.41. The molecule has 7 atom stereocenters. The van der Waals surface area contributed by atoms with E-state index in [1.165, 1.54) is 18.7 Å². The van der Waals surface area contributed by atoms with Gasteiger partial charge in [-0.2, -0.15) is 11.8 Å². The number of carbonyl (C=O) groups excluding carboxylic acids is 7. The third kappa shape index (κ3) is 21.5. The average molecular weight is 834 g/mol. The number of carbonyl (C=O) groups is 9. The quantitative estimate of drug-likeness (QED) is 0.0332. The molecular weight excluding hydrogens is 771 g/mol. The molecule has 0 radical (unpaired) electrons. The SMILES string of the molecule is CSCC[C@H](NC(=O)[C@H](CO)NC(=O)[C@@H](N)CC(C)C)C(=O)N[C@@H](C)C(=O)N[C@@H](CCCCN)C(=O)N[C@@H](CCC(=O)O)C(=O)NCC(=O)N[C@H](C(=O)O)C(C)C. The van der Waals surface area contributed by atoms with Gasteiger partial charge in [0.15, 0.2) is 0 Å². The lowest BCUT2D eigenvalue weighted by Gasteiger charge is -2.26. The van der Waals surface area contributed by atoms with E-state index in [0.29, 0.717) is 25.0 Å². The molecule has 22 heteroatoms. The summed E-state index contributed by atoms with van der Waals surface area (Å²) in [6.07, 6.45) is 2.07. The summed E-state index contributed by atoms with van der Waals surface area (Å²) < 4.78 is 0. The summed E-state index contributed by atoms with van der Waals surface area (Å²) in [6, 6.07) is -8.83. The van der Waals surface area contributed by atoms with E-state index in [0.717, 1.165) is 0 Å². The van der Waals surface area contributed by atoms with Gasteiger partial charge < -0.3 is 64.0 Å². The summed E-state index contributed by atoms with van der Waals surface area (Å²) in [5.41, 5.74) is 11.5. The van der Waals surface area contributed by atoms with E-state index in [1.807, 2.05) is 13.8 Å². The fourth-order valence-electron chi connectivity index (χ4n) is 5.14. The van der Waals surface area contributed by atoms with Gasteiger partial charge >= 0.3 is 11.9 Å². The lowest BCUT2D eigenvalue weighted by molar-refractivity contribution is -0.143. The second-order valence-electron chi connectivity index (χ2n) is 14.2. The molecule has 0 aliphatic carbocycles. The van der Waals surface area contributed by atoms with Crippen molar-refractivity contribution < 1.29 is 58.5 Å². The first-order valence-electron chi connectivity index (χ1n) is 18.8. The number of hydrogen-bond acceptors (Lipinski definition) is 13. The van der Waals surface area contributed by atoms with Gasteiger partial charge in [-0.3, -0.25) is 38.4 Å². The highest BCUT2D eigenvalue weighted by Crippen LogP contribution is 2.08. The highest BCUT2D eigenvalue weighted by molar-refractivity contribution is 7.98. The Morgan fingerprint density at radius 3 is 1.68 bits per heavy atom. The minimum atomic E-state index is -1.48. The molecule has 57 heavy (non-hydrogen) atoms. The van der Waals surface area contributed by atoms with Gasteiger partial charge in [0, 0.05) is 6.42 Å². The van der Waals surface area contributed by atoms with Crippen LogP contribution in [0.5, 0.6) is 0 Å². The molecule has 0 unspecified atom stereocenters. The Labute approximate surface area is 337 Å². The van der Waals surface area contributed by atoms with Crippen molar-refractivity contribution in [1.82, 2.24) is 37.2 Å².